The minimum atomic E-state index is -4.14. The van der Waals surface area contributed by atoms with Gasteiger partial charge in [-0.1, -0.05) is 44.2 Å². The Morgan fingerprint density at radius 2 is 1.38 bits per heavy atom. The van der Waals surface area contributed by atoms with Gasteiger partial charge in [0.05, 0.1) is 24.8 Å². The summed E-state index contributed by atoms with van der Waals surface area (Å²) in [5.41, 5.74) is 1.09. The smallest absolute Gasteiger partial charge is 0.264 e. The van der Waals surface area contributed by atoms with Gasteiger partial charge in [0, 0.05) is 13.1 Å². The van der Waals surface area contributed by atoms with Crippen molar-refractivity contribution in [2.24, 2.45) is 5.92 Å². The number of amides is 2. The van der Waals surface area contributed by atoms with Gasteiger partial charge in [-0.25, -0.2) is 8.42 Å². The van der Waals surface area contributed by atoms with Gasteiger partial charge < -0.3 is 19.7 Å². The normalized spacial score (nSPS) is 11.9. The molecule has 0 aliphatic heterocycles. The van der Waals surface area contributed by atoms with Crippen molar-refractivity contribution in [3.8, 4) is 11.5 Å². The Hall–Kier alpha value is -4.05. The first kappa shape index (κ1) is 30.5. The van der Waals surface area contributed by atoms with Crippen LogP contribution < -0.4 is 19.1 Å². The number of anilines is 1. The number of hydrogen-bond donors (Lipinski definition) is 1. The van der Waals surface area contributed by atoms with Gasteiger partial charge in [-0.3, -0.25) is 13.9 Å². The summed E-state index contributed by atoms with van der Waals surface area (Å²) in [4.78, 5) is 28.4. The third kappa shape index (κ3) is 7.75. The average Bonchev–Trinajstić information content (AvgIpc) is 2.97. The van der Waals surface area contributed by atoms with E-state index < -0.39 is 28.5 Å². The molecule has 1 atom stereocenters. The summed E-state index contributed by atoms with van der Waals surface area (Å²) in [7, 11) is -1.09. The fourth-order valence-corrected chi connectivity index (χ4v) is 5.37. The number of benzene rings is 3. The standard InChI is InChI=1S/C30H37N3O6S/c1-22(2)19-31-30(35)23(3)32(20-24-11-13-26(38-4)14-12-24)29(34)21-33(25-9-7-6-8-10-25)40(36,37)28-17-15-27(39-5)16-18-28/h6-18,22-23H,19-21H2,1-5H3,(H,31,35)/t23-/m1/s1. The zero-order valence-electron chi connectivity index (χ0n) is 23.5. The van der Waals surface area contributed by atoms with Crippen molar-refractivity contribution < 1.29 is 27.5 Å². The van der Waals surface area contributed by atoms with Gasteiger partial charge in [-0.15, -0.1) is 0 Å². The summed E-state index contributed by atoms with van der Waals surface area (Å²) < 4.78 is 39.1. The second-order valence-corrected chi connectivity index (χ2v) is 11.6. The molecule has 2 amide bonds. The van der Waals surface area contributed by atoms with Crippen molar-refractivity contribution >= 4 is 27.5 Å². The molecule has 0 saturated carbocycles. The quantitative estimate of drug-likeness (QED) is 0.334. The van der Waals surface area contributed by atoms with Gasteiger partial charge >= 0.3 is 0 Å². The van der Waals surface area contributed by atoms with E-state index in [1.165, 1.54) is 24.1 Å². The van der Waals surface area contributed by atoms with Gasteiger partial charge in [0.15, 0.2) is 0 Å². The van der Waals surface area contributed by atoms with Crippen molar-refractivity contribution in [2.45, 2.75) is 38.3 Å². The maximum absolute atomic E-state index is 13.9. The number of rotatable bonds is 13. The van der Waals surface area contributed by atoms with Crippen molar-refractivity contribution in [1.29, 1.82) is 0 Å². The molecule has 0 aliphatic rings. The van der Waals surface area contributed by atoms with Crippen LogP contribution in [0.15, 0.2) is 83.8 Å². The molecule has 3 aromatic rings. The van der Waals surface area contributed by atoms with E-state index in [0.29, 0.717) is 23.7 Å². The van der Waals surface area contributed by atoms with E-state index in [1.807, 2.05) is 13.8 Å². The fraction of sp³-hybridized carbons (Fsp3) is 0.333. The third-order valence-electron chi connectivity index (χ3n) is 6.33. The lowest BCUT2D eigenvalue weighted by molar-refractivity contribution is -0.139. The second-order valence-electron chi connectivity index (χ2n) is 9.71. The molecular weight excluding hydrogens is 530 g/mol. The zero-order chi connectivity index (χ0) is 29.3. The third-order valence-corrected chi connectivity index (χ3v) is 8.12. The number of ether oxygens (including phenoxy) is 2. The molecule has 10 heteroatoms. The molecular formula is C30H37N3O6S. The van der Waals surface area contributed by atoms with Crippen LogP contribution in [0.4, 0.5) is 5.69 Å². The van der Waals surface area contributed by atoms with Crippen molar-refractivity contribution in [3.63, 3.8) is 0 Å². The van der Waals surface area contributed by atoms with Crippen LogP contribution in [0.1, 0.15) is 26.3 Å². The van der Waals surface area contributed by atoms with Crippen LogP contribution in [0.3, 0.4) is 0 Å². The number of nitrogens with one attached hydrogen (secondary N) is 1. The second kappa shape index (κ2) is 13.8. The monoisotopic (exact) mass is 567 g/mol. The van der Waals surface area contributed by atoms with Crippen molar-refractivity contribution in [2.75, 3.05) is 31.6 Å². The Bertz CT molecular complexity index is 1360. The van der Waals surface area contributed by atoms with E-state index in [-0.39, 0.29) is 23.3 Å². The molecule has 3 rings (SSSR count). The highest BCUT2D eigenvalue weighted by molar-refractivity contribution is 7.92. The summed E-state index contributed by atoms with van der Waals surface area (Å²) in [6.45, 7) is 5.65. The van der Waals surface area contributed by atoms with Crippen LogP contribution in [0.25, 0.3) is 0 Å². The van der Waals surface area contributed by atoms with Gasteiger partial charge in [0.2, 0.25) is 11.8 Å². The molecule has 40 heavy (non-hydrogen) atoms. The molecule has 1 N–H and O–H groups in total. The lowest BCUT2D eigenvalue weighted by Crippen LogP contribution is -2.51. The van der Waals surface area contributed by atoms with Crippen LogP contribution >= 0.6 is 0 Å². The molecule has 0 heterocycles. The van der Waals surface area contributed by atoms with Crippen LogP contribution in [0, 0.1) is 5.92 Å². The van der Waals surface area contributed by atoms with E-state index >= 15 is 0 Å². The van der Waals surface area contributed by atoms with Crippen LogP contribution in [-0.2, 0) is 26.2 Å². The first-order valence-corrected chi connectivity index (χ1v) is 14.4. The molecule has 9 nitrogen and oxygen atoms in total. The number of carbonyl (C=O) groups excluding carboxylic acids is 2. The summed E-state index contributed by atoms with van der Waals surface area (Å²) in [6.07, 6.45) is 0. The Labute approximate surface area is 236 Å². The fourth-order valence-electron chi connectivity index (χ4n) is 3.96. The molecule has 0 radical (unpaired) electrons. The molecule has 0 spiro atoms. The highest BCUT2D eigenvalue weighted by Crippen LogP contribution is 2.26. The Morgan fingerprint density at radius 1 is 0.825 bits per heavy atom. The van der Waals surface area contributed by atoms with E-state index in [0.717, 1.165) is 9.87 Å². The lowest BCUT2D eigenvalue weighted by Gasteiger charge is -2.32. The first-order chi connectivity index (χ1) is 19.1. The molecule has 0 saturated heterocycles. The number of para-hydroxylation sites is 1. The number of methoxy groups -OCH3 is 2. The number of sulfonamides is 1. The summed E-state index contributed by atoms with van der Waals surface area (Å²) in [5.74, 6) is 0.548. The highest BCUT2D eigenvalue weighted by Gasteiger charge is 2.32. The van der Waals surface area contributed by atoms with Gasteiger partial charge in [-0.2, -0.15) is 0 Å². The summed E-state index contributed by atoms with van der Waals surface area (Å²) in [6, 6.07) is 20.7. The highest BCUT2D eigenvalue weighted by atomic mass is 32.2. The van der Waals surface area contributed by atoms with E-state index in [9.17, 15) is 18.0 Å². The SMILES string of the molecule is COc1ccc(CN(C(=O)CN(c2ccccc2)S(=O)(=O)c2ccc(OC)cc2)[C@H](C)C(=O)NCC(C)C)cc1. The molecule has 0 aromatic heterocycles. The predicted octanol–water partition coefficient (Wildman–Crippen LogP) is 4.09. The van der Waals surface area contributed by atoms with Crippen LogP contribution in [0.5, 0.6) is 11.5 Å². The van der Waals surface area contributed by atoms with Crippen LogP contribution in [-0.4, -0.2) is 58.5 Å². The molecule has 0 unspecified atom stereocenters. The predicted molar refractivity (Wildman–Crippen MR) is 155 cm³/mol. The first-order valence-electron chi connectivity index (χ1n) is 13.0. The minimum Gasteiger partial charge on any atom is -0.497 e. The topological polar surface area (TPSA) is 105 Å². The number of hydrogen-bond acceptors (Lipinski definition) is 6. The Kier molecular flexibility index (Phi) is 10.6. The van der Waals surface area contributed by atoms with E-state index in [2.05, 4.69) is 5.32 Å². The minimum absolute atomic E-state index is 0.00869. The van der Waals surface area contributed by atoms with Gasteiger partial charge in [0.25, 0.3) is 10.0 Å². The Balaban J connectivity index is 1.98. The Morgan fingerprint density at radius 3 is 1.90 bits per heavy atom. The van der Waals surface area contributed by atoms with E-state index in [4.69, 9.17) is 9.47 Å². The maximum Gasteiger partial charge on any atom is 0.264 e. The molecule has 0 aliphatic carbocycles. The number of nitrogens with zero attached hydrogens (tertiary/aromatic N) is 2. The summed E-state index contributed by atoms with van der Waals surface area (Å²) >= 11 is 0. The summed E-state index contributed by atoms with van der Waals surface area (Å²) in [5, 5.41) is 2.88. The van der Waals surface area contributed by atoms with Crippen LogP contribution in [0.2, 0.25) is 0 Å². The van der Waals surface area contributed by atoms with Gasteiger partial charge in [0.1, 0.15) is 24.1 Å². The van der Waals surface area contributed by atoms with Gasteiger partial charge in [-0.05, 0) is 66.9 Å². The van der Waals surface area contributed by atoms with Crippen molar-refractivity contribution in [1.82, 2.24) is 10.2 Å². The molecule has 0 bridgehead atoms. The lowest BCUT2D eigenvalue weighted by atomic mass is 10.1. The maximum atomic E-state index is 13.9. The molecule has 214 valence electrons. The largest absolute Gasteiger partial charge is 0.497 e. The number of carbonyl (C=O) groups is 2. The van der Waals surface area contributed by atoms with E-state index in [1.54, 1.807) is 80.8 Å². The van der Waals surface area contributed by atoms with Crippen molar-refractivity contribution in [3.05, 3.63) is 84.4 Å². The molecule has 3 aromatic carbocycles. The zero-order valence-corrected chi connectivity index (χ0v) is 24.4. The molecule has 0 fully saturated rings. The average molecular weight is 568 g/mol.